The fraction of sp³-hybridized carbons (Fsp3) is 0.667. The van der Waals surface area contributed by atoms with Crippen molar-refractivity contribution in [3.05, 3.63) is 18.6 Å². The molecule has 0 fully saturated rings. The summed E-state index contributed by atoms with van der Waals surface area (Å²) in [5, 5.41) is 16.8. The van der Waals surface area contributed by atoms with Gasteiger partial charge < -0.3 is 5.32 Å². The number of nitrogens with one attached hydrogen (secondary N) is 1. The number of halogens is 1. The number of azo groups is 1. The zero-order valence-electron chi connectivity index (χ0n) is 15.6. The van der Waals surface area contributed by atoms with Crippen LogP contribution in [-0.4, -0.2) is 26.8 Å². The molecule has 0 spiro atoms. The third kappa shape index (κ3) is 4.63. The van der Waals surface area contributed by atoms with Gasteiger partial charge in [-0.15, -0.1) is 11.6 Å². The highest BCUT2D eigenvalue weighted by Crippen LogP contribution is 2.28. The van der Waals surface area contributed by atoms with Crippen LogP contribution in [0, 0.1) is 0 Å². The van der Waals surface area contributed by atoms with Crippen molar-refractivity contribution >= 4 is 29.1 Å². The minimum atomic E-state index is 0.645. The SMILES string of the molecule is CCCCCCn1cc[n+](CCCCl)c1N=Nc1cnn2c1NCCC2. The average molecular weight is 379 g/mol. The lowest BCUT2D eigenvalue weighted by atomic mass is 10.2. The van der Waals surface area contributed by atoms with Gasteiger partial charge in [0.15, 0.2) is 11.5 Å². The largest absolute Gasteiger partial charge is 0.421 e. The summed E-state index contributed by atoms with van der Waals surface area (Å²) in [7, 11) is 0. The smallest absolute Gasteiger partial charge is 0.368 e. The predicted molar refractivity (Wildman–Crippen MR) is 104 cm³/mol. The van der Waals surface area contributed by atoms with Gasteiger partial charge in [-0.05, 0) is 19.3 Å². The molecule has 7 nitrogen and oxygen atoms in total. The number of nitrogens with zero attached hydrogens (tertiary/aromatic N) is 6. The Labute approximate surface area is 160 Å². The summed E-state index contributed by atoms with van der Waals surface area (Å²) < 4.78 is 6.29. The summed E-state index contributed by atoms with van der Waals surface area (Å²) >= 11 is 5.87. The van der Waals surface area contributed by atoms with Crippen molar-refractivity contribution in [3.8, 4) is 0 Å². The molecule has 0 radical (unpaired) electrons. The van der Waals surface area contributed by atoms with Crippen molar-refractivity contribution in [1.82, 2.24) is 14.3 Å². The van der Waals surface area contributed by atoms with Crippen molar-refractivity contribution < 1.29 is 4.57 Å². The average Bonchev–Trinajstić information content (AvgIpc) is 3.25. The van der Waals surface area contributed by atoms with Gasteiger partial charge in [0.05, 0.1) is 31.7 Å². The molecular weight excluding hydrogens is 350 g/mol. The first-order valence-electron chi connectivity index (χ1n) is 9.69. The molecule has 2 aromatic heterocycles. The van der Waals surface area contributed by atoms with E-state index in [4.69, 9.17) is 11.6 Å². The topological polar surface area (TPSA) is 63.4 Å². The van der Waals surface area contributed by atoms with E-state index in [1.807, 2.05) is 4.68 Å². The van der Waals surface area contributed by atoms with E-state index in [0.717, 1.165) is 62.9 Å². The second-order valence-electron chi connectivity index (χ2n) is 6.67. The molecular formula is C18H29ClN7+. The molecule has 3 rings (SSSR count). The van der Waals surface area contributed by atoms with Gasteiger partial charge in [-0.3, -0.25) is 0 Å². The fourth-order valence-corrected chi connectivity index (χ4v) is 3.32. The lowest BCUT2D eigenvalue weighted by Crippen LogP contribution is -2.32. The molecule has 0 unspecified atom stereocenters. The number of aromatic nitrogens is 4. The molecule has 0 atom stereocenters. The first kappa shape index (κ1) is 18.9. The van der Waals surface area contributed by atoms with Crippen LogP contribution < -0.4 is 9.88 Å². The molecule has 142 valence electrons. The normalized spacial score (nSPS) is 13.9. The van der Waals surface area contributed by atoms with Crippen LogP contribution in [0.4, 0.5) is 17.5 Å². The first-order chi connectivity index (χ1) is 12.8. The monoisotopic (exact) mass is 378 g/mol. The van der Waals surface area contributed by atoms with Gasteiger partial charge in [-0.25, -0.2) is 13.8 Å². The lowest BCUT2D eigenvalue weighted by Gasteiger charge is -2.15. The Hall–Kier alpha value is -1.89. The first-order valence-corrected chi connectivity index (χ1v) is 10.2. The number of imidazole rings is 1. The predicted octanol–water partition coefficient (Wildman–Crippen LogP) is 4.41. The van der Waals surface area contributed by atoms with Crippen molar-refractivity contribution in [2.24, 2.45) is 10.2 Å². The molecule has 0 aliphatic carbocycles. The van der Waals surface area contributed by atoms with Crippen LogP contribution in [0.3, 0.4) is 0 Å². The molecule has 0 bridgehead atoms. The standard InChI is InChI=1S/C18H28ClN7/c1-2-3-4-5-10-24-13-14-25(11-6-8-19)18(24)23-22-16-15-21-26-12-7-9-20-17(16)26/h13-15H,2-12H2,1H3/p+1. The van der Waals surface area contributed by atoms with Gasteiger partial charge in [0, 0.05) is 24.1 Å². The van der Waals surface area contributed by atoms with Crippen LogP contribution in [0.15, 0.2) is 28.8 Å². The van der Waals surface area contributed by atoms with E-state index in [1.54, 1.807) is 6.20 Å². The van der Waals surface area contributed by atoms with Gasteiger partial charge in [-0.2, -0.15) is 5.10 Å². The Kier molecular flexibility index (Phi) is 7.05. The molecule has 2 aromatic rings. The maximum absolute atomic E-state index is 5.87. The molecule has 0 saturated heterocycles. The van der Waals surface area contributed by atoms with Gasteiger partial charge in [0.2, 0.25) is 0 Å². The summed E-state index contributed by atoms with van der Waals surface area (Å²) in [6.45, 7) is 5.94. The van der Waals surface area contributed by atoms with Crippen molar-refractivity contribution in [2.45, 2.75) is 65.1 Å². The third-order valence-corrected chi connectivity index (χ3v) is 4.90. The van der Waals surface area contributed by atoms with E-state index in [9.17, 15) is 0 Å². The Morgan fingerprint density at radius 3 is 3.04 bits per heavy atom. The molecule has 3 heterocycles. The molecule has 8 heteroatoms. The second-order valence-corrected chi connectivity index (χ2v) is 7.05. The van der Waals surface area contributed by atoms with Crippen LogP contribution in [0.5, 0.6) is 0 Å². The number of fused-ring (bicyclic) bond motifs is 1. The van der Waals surface area contributed by atoms with Crippen LogP contribution in [-0.2, 0) is 19.6 Å². The summed E-state index contributed by atoms with van der Waals surface area (Å²) in [6.07, 6.45) is 12.9. The maximum Gasteiger partial charge on any atom is 0.421 e. The van der Waals surface area contributed by atoms with Gasteiger partial charge in [0.1, 0.15) is 0 Å². The molecule has 1 aliphatic heterocycles. The molecule has 1 aliphatic rings. The maximum atomic E-state index is 5.87. The number of anilines is 1. The number of rotatable bonds is 10. The molecule has 26 heavy (non-hydrogen) atoms. The van der Waals surface area contributed by atoms with E-state index in [2.05, 4.69) is 49.1 Å². The van der Waals surface area contributed by atoms with Crippen LogP contribution in [0.25, 0.3) is 0 Å². The quantitative estimate of drug-likeness (QED) is 0.288. The summed E-state index contributed by atoms with van der Waals surface area (Å²) in [4.78, 5) is 0. The number of hydrogen-bond acceptors (Lipinski definition) is 4. The minimum absolute atomic E-state index is 0.645. The Morgan fingerprint density at radius 1 is 1.27 bits per heavy atom. The second kappa shape index (κ2) is 9.71. The summed E-state index contributed by atoms with van der Waals surface area (Å²) in [5.74, 6) is 2.49. The van der Waals surface area contributed by atoms with Crippen molar-refractivity contribution in [2.75, 3.05) is 17.7 Å². The van der Waals surface area contributed by atoms with E-state index in [-0.39, 0.29) is 0 Å². The van der Waals surface area contributed by atoms with Crippen LogP contribution in [0.2, 0.25) is 0 Å². The highest BCUT2D eigenvalue weighted by Gasteiger charge is 2.19. The number of alkyl halides is 1. The Morgan fingerprint density at radius 2 is 2.19 bits per heavy atom. The van der Waals surface area contributed by atoms with E-state index < -0.39 is 0 Å². The van der Waals surface area contributed by atoms with Crippen LogP contribution in [0.1, 0.15) is 45.4 Å². The van der Waals surface area contributed by atoms with E-state index in [0.29, 0.717) is 5.88 Å². The summed E-state index contributed by atoms with van der Waals surface area (Å²) in [5.41, 5.74) is 0.798. The molecule has 0 amide bonds. The molecule has 0 aromatic carbocycles. The Bertz CT molecular complexity index is 719. The van der Waals surface area contributed by atoms with E-state index in [1.165, 1.54) is 19.3 Å². The highest BCUT2D eigenvalue weighted by molar-refractivity contribution is 6.17. The number of unbranched alkanes of at least 4 members (excludes halogenated alkanes) is 3. The van der Waals surface area contributed by atoms with Crippen LogP contribution >= 0.6 is 11.6 Å². The summed E-state index contributed by atoms with van der Waals surface area (Å²) in [6, 6.07) is 0. The molecule has 1 N–H and O–H groups in total. The number of aryl methyl sites for hydroxylation is 3. The van der Waals surface area contributed by atoms with E-state index >= 15 is 0 Å². The van der Waals surface area contributed by atoms with Gasteiger partial charge in [0.25, 0.3) is 0 Å². The molecule has 0 saturated carbocycles. The Balaban J connectivity index is 1.77. The number of hydrogen-bond donors (Lipinski definition) is 1. The zero-order valence-corrected chi connectivity index (χ0v) is 16.3. The third-order valence-electron chi connectivity index (χ3n) is 4.63. The van der Waals surface area contributed by atoms with Crippen molar-refractivity contribution in [3.63, 3.8) is 0 Å². The minimum Gasteiger partial charge on any atom is -0.368 e. The van der Waals surface area contributed by atoms with Gasteiger partial charge >= 0.3 is 5.95 Å². The van der Waals surface area contributed by atoms with Gasteiger partial charge in [-0.1, -0.05) is 31.3 Å². The zero-order chi connectivity index (χ0) is 18.2. The lowest BCUT2D eigenvalue weighted by molar-refractivity contribution is -0.683. The fourth-order valence-electron chi connectivity index (χ4n) is 3.20. The highest BCUT2D eigenvalue weighted by atomic mass is 35.5. The van der Waals surface area contributed by atoms with Crippen molar-refractivity contribution in [1.29, 1.82) is 0 Å².